The lowest BCUT2D eigenvalue weighted by Gasteiger charge is -2.56. The Kier molecular flexibility index (Phi) is 3.57. The van der Waals surface area contributed by atoms with Gasteiger partial charge in [-0.3, -0.25) is 0 Å². The van der Waals surface area contributed by atoms with Gasteiger partial charge in [-0.1, -0.05) is 0 Å². The van der Waals surface area contributed by atoms with Crippen LogP contribution in [0.3, 0.4) is 0 Å². The van der Waals surface area contributed by atoms with Gasteiger partial charge in [-0.05, 0) is 45.4 Å². The summed E-state index contributed by atoms with van der Waals surface area (Å²) < 4.78 is 24.8. The third kappa shape index (κ3) is 2.03. The molecular formula is C17H28O4. The lowest BCUT2D eigenvalue weighted by molar-refractivity contribution is -0.280. The van der Waals surface area contributed by atoms with E-state index in [0.29, 0.717) is 5.92 Å². The first-order valence-corrected chi connectivity index (χ1v) is 8.80. The minimum atomic E-state index is -0.333. The van der Waals surface area contributed by atoms with Gasteiger partial charge in [-0.15, -0.1) is 0 Å². The molecule has 0 radical (unpaired) electrons. The van der Waals surface area contributed by atoms with Crippen LogP contribution < -0.4 is 0 Å². The summed E-state index contributed by atoms with van der Waals surface area (Å²) >= 11 is 0. The number of rotatable bonds is 2. The predicted octanol–water partition coefficient (Wildman–Crippen LogP) is 3.04. The monoisotopic (exact) mass is 296 g/mol. The lowest BCUT2D eigenvalue weighted by Crippen LogP contribution is -2.63. The van der Waals surface area contributed by atoms with Gasteiger partial charge in [0.1, 0.15) is 5.60 Å². The number of hydrogen-bond acceptors (Lipinski definition) is 4. The van der Waals surface area contributed by atoms with Gasteiger partial charge in [0.15, 0.2) is 5.79 Å². The summed E-state index contributed by atoms with van der Waals surface area (Å²) in [6, 6.07) is 0. The Morgan fingerprint density at radius 2 is 1.67 bits per heavy atom. The summed E-state index contributed by atoms with van der Waals surface area (Å²) in [5.41, 5.74) is -0.0791. The quantitative estimate of drug-likeness (QED) is 0.785. The van der Waals surface area contributed by atoms with Gasteiger partial charge in [0, 0.05) is 25.4 Å². The Morgan fingerprint density at radius 3 is 2.24 bits per heavy atom. The Hall–Kier alpha value is -0.160. The highest BCUT2D eigenvalue weighted by molar-refractivity contribution is 5.17. The number of ether oxygens (including phenoxy) is 4. The summed E-state index contributed by atoms with van der Waals surface area (Å²) in [5, 5.41) is 0. The van der Waals surface area contributed by atoms with Crippen molar-refractivity contribution in [3.8, 4) is 0 Å². The van der Waals surface area contributed by atoms with E-state index in [1.54, 1.807) is 0 Å². The van der Waals surface area contributed by atoms with E-state index in [0.717, 1.165) is 65.0 Å². The maximum absolute atomic E-state index is 6.35. The van der Waals surface area contributed by atoms with Crippen molar-refractivity contribution in [1.82, 2.24) is 0 Å². The molecule has 4 nitrogen and oxygen atoms in total. The molecule has 0 bridgehead atoms. The molecule has 4 aliphatic rings. The minimum Gasteiger partial charge on any atom is -0.372 e. The van der Waals surface area contributed by atoms with E-state index in [9.17, 15) is 0 Å². The third-order valence-corrected chi connectivity index (χ3v) is 6.35. The number of hydrogen-bond donors (Lipinski definition) is 0. The molecule has 2 saturated carbocycles. The van der Waals surface area contributed by atoms with Crippen LogP contribution in [0.4, 0.5) is 0 Å². The van der Waals surface area contributed by atoms with Crippen LogP contribution in [0.2, 0.25) is 0 Å². The molecule has 2 spiro atoms. The molecule has 2 aliphatic carbocycles. The average Bonchev–Trinajstić information content (AvgIpc) is 2.65. The SMILES string of the molecule is CCOC12CCC1COC21CCC2(CC1)OCCCCO2. The van der Waals surface area contributed by atoms with Crippen molar-refractivity contribution in [2.45, 2.75) is 75.3 Å². The van der Waals surface area contributed by atoms with E-state index >= 15 is 0 Å². The van der Waals surface area contributed by atoms with Crippen LogP contribution in [0.25, 0.3) is 0 Å². The molecule has 2 heterocycles. The molecule has 2 unspecified atom stereocenters. The van der Waals surface area contributed by atoms with E-state index in [1.807, 2.05) is 0 Å². The standard InChI is InChI=1S/C17H28O4/c1-2-18-17-6-5-14(17)13-21-15(17)7-9-16(10-8-15)19-11-3-4-12-20-16/h14H,2-13H2,1H3. The first-order valence-electron chi connectivity index (χ1n) is 8.80. The fraction of sp³-hybridized carbons (Fsp3) is 1.00. The molecule has 0 aromatic carbocycles. The van der Waals surface area contributed by atoms with Gasteiger partial charge in [0.05, 0.1) is 25.4 Å². The summed E-state index contributed by atoms with van der Waals surface area (Å²) in [5.74, 6) is 0.280. The van der Waals surface area contributed by atoms with Gasteiger partial charge >= 0.3 is 0 Å². The van der Waals surface area contributed by atoms with E-state index in [4.69, 9.17) is 18.9 Å². The Bertz CT molecular complexity index is 378. The molecule has 4 rings (SSSR count). The third-order valence-electron chi connectivity index (χ3n) is 6.35. The molecule has 21 heavy (non-hydrogen) atoms. The summed E-state index contributed by atoms with van der Waals surface area (Å²) in [4.78, 5) is 0. The van der Waals surface area contributed by atoms with Crippen LogP contribution in [0, 0.1) is 5.92 Å². The molecule has 2 atom stereocenters. The zero-order valence-corrected chi connectivity index (χ0v) is 13.2. The van der Waals surface area contributed by atoms with Crippen molar-refractivity contribution in [2.24, 2.45) is 5.92 Å². The predicted molar refractivity (Wildman–Crippen MR) is 78.1 cm³/mol. The van der Waals surface area contributed by atoms with Crippen LogP contribution >= 0.6 is 0 Å². The molecular weight excluding hydrogens is 268 g/mol. The van der Waals surface area contributed by atoms with Crippen LogP contribution in [0.5, 0.6) is 0 Å². The van der Waals surface area contributed by atoms with Crippen molar-refractivity contribution in [1.29, 1.82) is 0 Å². The highest BCUT2D eigenvalue weighted by Crippen LogP contribution is 2.61. The lowest BCUT2D eigenvalue weighted by atomic mass is 9.58. The Labute approximate surface area is 127 Å². The van der Waals surface area contributed by atoms with Gasteiger partial charge in [0.25, 0.3) is 0 Å². The first-order chi connectivity index (χ1) is 10.2. The summed E-state index contributed by atoms with van der Waals surface area (Å²) in [7, 11) is 0. The summed E-state index contributed by atoms with van der Waals surface area (Å²) in [6.45, 7) is 5.46. The molecule has 0 N–H and O–H groups in total. The zero-order chi connectivity index (χ0) is 14.4. The average molecular weight is 296 g/mol. The second-order valence-electron chi connectivity index (χ2n) is 7.18. The van der Waals surface area contributed by atoms with Gasteiger partial charge in [-0.2, -0.15) is 0 Å². The van der Waals surface area contributed by atoms with Crippen LogP contribution in [0.15, 0.2) is 0 Å². The van der Waals surface area contributed by atoms with E-state index < -0.39 is 0 Å². The van der Waals surface area contributed by atoms with Crippen molar-refractivity contribution < 1.29 is 18.9 Å². The van der Waals surface area contributed by atoms with Crippen molar-refractivity contribution in [3.05, 3.63) is 0 Å². The maximum Gasteiger partial charge on any atom is 0.168 e. The molecule has 2 aliphatic heterocycles. The topological polar surface area (TPSA) is 36.9 Å². The maximum atomic E-state index is 6.35. The normalized spacial score (nSPS) is 40.7. The second-order valence-corrected chi connectivity index (χ2v) is 7.18. The van der Waals surface area contributed by atoms with Gasteiger partial charge < -0.3 is 18.9 Å². The molecule has 2 saturated heterocycles. The van der Waals surface area contributed by atoms with E-state index in [-0.39, 0.29) is 17.0 Å². The molecule has 0 aromatic heterocycles. The van der Waals surface area contributed by atoms with Crippen LogP contribution in [-0.2, 0) is 18.9 Å². The molecule has 120 valence electrons. The largest absolute Gasteiger partial charge is 0.372 e. The van der Waals surface area contributed by atoms with Crippen LogP contribution in [-0.4, -0.2) is 43.4 Å². The second kappa shape index (κ2) is 5.19. The highest BCUT2D eigenvalue weighted by atomic mass is 16.7. The minimum absolute atomic E-state index is 0.00586. The van der Waals surface area contributed by atoms with E-state index in [2.05, 4.69) is 6.92 Å². The smallest absolute Gasteiger partial charge is 0.168 e. The highest BCUT2D eigenvalue weighted by Gasteiger charge is 2.68. The Balaban J connectivity index is 1.51. The molecule has 4 heteroatoms. The van der Waals surface area contributed by atoms with Crippen molar-refractivity contribution >= 4 is 0 Å². The van der Waals surface area contributed by atoms with Crippen molar-refractivity contribution in [3.63, 3.8) is 0 Å². The fourth-order valence-electron chi connectivity index (χ4n) is 5.04. The van der Waals surface area contributed by atoms with Crippen LogP contribution in [0.1, 0.15) is 58.3 Å². The van der Waals surface area contributed by atoms with Gasteiger partial charge in [0.2, 0.25) is 0 Å². The number of fused-ring (bicyclic) bond motifs is 2. The van der Waals surface area contributed by atoms with Crippen molar-refractivity contribution in [2.75, 3.05) is 26.4 Å². The fourth-order valence-corrected chi connectivity index (χ4v) is 5.04. The molecule has 0 amide bonds. The first kappa shape index (κ1) is 14.4. The molecule has 0 aromatic rings. The van der Waals surface area contributed by atoms with E-state index in [1.165, 1.54) is 12.8 Å². The Morgan fingerprint density at radius 1 is 0.952 bits per heavy atom. The van der Waals surface area contributed by atoms with Gasteiger partial charge in [-0.25, -0.2) is 0 Å². The summed E-state index contributed by atoms with van der Waals surface area (Å²) in [6.07, 6.45) is 8.61. The molecule has 4 fully saturated rings. The zero-order valence-electron chi connectivity index (χ0n) is 13.2.